The maximum absolute atomic E-state index is 12.7. The van der Waals surface area contributed by atoms with Gasteiger partial charge >= 0.3 is 0 Å². The first-order chi connectivity index (χ1) is 10.7. The Balaban J connectivity index is 1.77. The molecule has 6 heteroatoms. The summed E-state index contributed by atoms with van der Waals surface area (Å²) in [5.41, 5.74) is 6.17. The van der Waals surface area contributed by atoms with E-state index < -0.39 is 5.91 Å². The Labute approximate surface area is 129 Å². The van der Waals surface area contributed by atoms with E-state index in [0.29, 0.717) is 30.9 Å². The summed E-state index contributed by atoms with van der Waals surface area (Å²) in [4.78, 5) is 25.7. The molecule has 6 nitrogen and oxygen atoms in total. The van der Waals surface area contributed by atoms with Gasteiger partial charge in [0.25, 0.3) is 5.91 Å². The Kier molecular flexibility index (Phi) is 4.40. The first-order valence-corrected chi connectivity index (χ1v) is 7.61. The van der Waals surface area contributed by atoms with Crippen LogP contribution in [0.5, 0.6) is 0 Å². The van der Waals surface area contributed by atoms with Crippen LogP contribution < -0.4 is 5.73 Å². The third-order valence-corrected chi connectivity index (χ3v) is 4.19. The first kappa shape index (κ1) is 15.0. The Hall–Kier alpha value is -1.92. The van der Waals surface area contributed by atoms with E-state index in [-0.39, 0.29) is 18.2 Å². The van der Waals surface area contributed by atoms with Gasteiger partial charge in [-0.3, -0.25) is 9.59 Å². The van der Waals surface area contributed by atoms with Crippen LogP contribution >= 0.6 is 0 Å². The van der Waals surface area contributed by atoms with Crippen molar-refractivity contribution in [2.45, 2.75) is 31.6 Å². The Bertz CT molecular complexity index is 552. The van der Waals surface area contributed by atoms with E-state index >= 15 is 0 Å². The summed E-state index contributed by atoms with van der Waals surface area (Å²) in [5, 5.41) is 0. The molecule has 2 aliphatic heterocycles. The zero-order valence-corrected chi connectivity index (χ0v) is 12.4. The maximum Gasteiger partial charge on any atom is 0.254 e. The van der Waals surface area contributed by atoms with Crippen molar-refractivity contribution in [2.24, 2.45) is 5.73 Å². The molecule has 2 N–H and O–H groups in total. The molecule has 2 amide bonds. The van der Waals surface area contributed by atoms with Crippen molar-refractivity contribution in [3.63, 3.8) is 0 Å². The highest BCUT2D eigenvalue weighted by Gasteiger charge is 2.36. The fraction of sp³-hybridized carbons (Fsp3) is 0.500. The summed E-state index contributed by atoms with van der Waals surface area (Å²) in [7, 11) is 0. The summed E-state index contributed by atoms with van der Waals surface area (Å²) >= 11 is 0. The molecular weight excluding hydrogens is 284 g/mol. The largest absolute Gasteiger partial charge is 0.366 e. The molecule has 0 aliphatic carbocycles. The highest BCUT2D eigenvalue weighted by atomic mass is 16.7. The average Bonchev–Trinajstić information content (AvgIpc) is 3.08. The van der Waals surface area contributed by atoms with Crippen LogP contribution in [0.2, 0.25) is 0 Å². The lowest BCUT2D eigenvalue weighted by molar-refractivity contribution is -0.100. The Morgan fingerprint density at radius 2 is 1.68 bits per heavy atom. The number of rotatable bonds is 3. The van der Waals surface area contributed by atoms with E-state index in [1.807, 2.05) is 4.90 Å². The van der Waals surface area contributed by atoms with Crippen molar-refractivity contribution in [3.8, 4) is 0 Å². The van der Waals surface area contributed by atoms with Gasteiger partial charge in [-0.2, -0.15) is 0 Å². The van der Waals surface area contributed by atoms with Crippen molar-refractivity contribution >= 4 is 11.8 Å². The molecule has 0 saturated carbocycles. The van der Waals surface area contributed by atoms with Gasteiger partial charge in [0.15, 0.2) is 6.29 Å². The van der Waals surface area contributed by atoms with Crippen LogP contribution in [0.3, 0.4) is 0 Å². The summed E-state index contributed by atoms with van der Waals surface area (Å²) in [6.45, 7) is 1.86. The Morgan fingerprint density at radius 3 is 2.32 bits per heavy atom. The molecule has 1 aromatic carbocycles. The van der Waals surface area contributed by atoms with Crippen LogP contribution in [0, 0.1) is 0 Å². The summed E-state index contributed by atoms with van der Waals surface area (Å²) < 4.78 is 11.2. The standard InChI is InChI=1S/C16H20N2O4/c17-14(19)11-4-6-12(7-5-11)15(20)18-8-2-1-3-13(18)16-21-9-10-22-16/h4-7,13,16H,1-3,8-10H2,(H2,17,19)/t13-/m0/s1. The molecule has 0 spiro atoms. The van der Waals surface area contributed by atoms with E-state index in [1.54, 1.807) is 24.3 Å². The van der Waals surface area contributed by atoms with Gasteiger partial charge in [0.05, 0.1) is 19.3 Å². The first-order valence-electron chi connectivity index (χ1n) is 7.61. The van der Waals surface area contributed by atoms with E-state index in [1.165, 1.54) is 0 Å². The number of carbonyl (C=O) groups excluding carboxylic acids is 2. The summed E-state index contributed by atoms with van der Waals surface area (Å²) in [6, 6.07) is 6.41. The predicted octanol–water partition coefficient (Wildman–Crippen LogP) is 1.15. The molecule has 0 unspecified atom stereocenters. The molecule has 118 valence electrons. The minimum Gasteiger partial charge on any atom is -0.366 e. The third kappa shape index (κ3) is 2.98. The highest BCUT2D eigenvalue weighted by Crippen LogP contribution is 2.26. The molecule has 2 aliphatic rings. The second-order valence-electron chi connectivity index (χ2n) is 5.61. The van der Waals surface area contributed by atoms with Gasteiger partial charge in [-0.15, -0.1) is 0 Å². The van der Waals surface area contributed by atoms with Gasteiger partial charge < -0.3 is 20.1 Å². The SMILES string of the molecule is NC(=O)c1ccc(C(=O)N2CCCC[C@H]2C2OCCO2)cc1. The van der Waals surface area contributed by atoms with Crippen molar-refractivity contribution in [3.05, 3.63) is 35.4 Å². The van der Waals surface area contributed by atoms with Crippen molar-refractivity contribution in [1.82, 2.24) is 4.90 Å². The van der Waals surface area contributed by atoms with Gasteiger partial charge in [0.2, 0.25) is 5.91 Å². The molecule has 1 aromatic rings. The van der Waals surface area contributed by atoms with Gasteiger partial charge in [-0.05, 0) is 43.5 Å². The minimum atomic E-state index is -0.498. The van der Waals surface area contributed by atoms with Gasteiger partial charge in [-0.1, -0.05) is 0 Å². The smallest absolute Gasteiger partial charge is 0.254 e. The van der Waals surface area contributed by atoms with E-state index in [9.17, 15) is 9.59 Å². The number of nitrogens with zero attached hydrogens (tertiary/aromatic N) is 1. The van der Waals surface area contributed by atoms with Crippen molar-refractivity contribution in [1.29, 1.82) is 0 Å². The molecule has 2 heterocycles. The molecule has 2 fully saturated rings. The fourth-order valence-corrected chi connectivity index (χ4v) is 3.03. The zero-order chi connectivity index (χ0) is 15.5. The number of ether oxygens (including phenoxy) is 2. The monoisotopic (exact) mass is 304 g/mol. The Morgan fingerprint density at radius 1 is 1.05 bits per heavy atom. The van der Waals surface area contributed by atoms with Crippen LogP contribution in [0.15, 0.2) is 24.3 Å². The number of hydrogen-bond donors (Lipinski definition) is 1. The number of primary amides is 1. The topological polar surface area (TPSA) is 81.9 Å². The highest BCUT2D eigenvalue weighted by molar-refractivity contribution is 5.97. The molecule has 2 saturated heterocycles. The second kappa shape index (κ2) is 6.46. The zero-order valence-electron chi connectivity index (χ0n) is 12.4. The van der Waals surface area contributed by atoms with Crippen LogP contribution in [0.25, 0.3) is 0 Å². The molecule has 0 aromatic heterocycles. The fourth-order valence-electron chi connectivity index (χ4n) is 3.03. The minimum absolute atomic E-state index is 0.0421. The lowest BCUT2D eigenvalue weighted by atomic mass is 10.00. The predicted molar refractivity (Wildman–Crippen MR) is 79.3 cm³/mol. The lowest BCUT2D eigenvalue weighted by Crippen LogP contribution is -2.50. The van der Waals surface area contributed by atoms with Crippen LogP contribution in [0.1, 0.15) is 40.0 Å². The number of carbonyl (C=O) groups is 2. The second-order valence-corrected chi connectivity index (χ2v) is 5.61. The number of likely N-dealkylation sites (tertiary alicyclic amines) is 1. The van der Waals surface area contributed by atoms with Crippen molar-refractivity contribution < 1.29 is 19.1 Å². The number of amides is 2. The normalized spacial score (nSPS) is 22.7. The molecule has 3 rings (SSSR count). The molecule has 22 heavy (non-hydrogen) atoms. The third-order valence-electron chi connectivity index (χ3n) is 4.19. The molecular formula is C16H20N2O4. The van der Waals surface area contributed by atoms with Gasteiger partial charge in [-0.25, -0.2) is 0 Å². The van der Waals surface area contributed by atoms with E-state index in [0.717, 1.165) is 19.3 Å². The van der Waals surface area contributed by atoms with Crippen LogP contribution in [0.4, 0.5) is 0 Å². The molecule has 0 radical (unpaired) electrons. The van der Waals surface area contributed by atoms with Gasteiger partial charge in [0.1, 0.15) is 0 Å². The maximum atomic E-state index is 12.7. The molecule has 0 bridgehead atoms. The summed E-state index contributed by atoms with van der Waals surface area (Å²) in [5.74, 6) is -0.553. The van der Waals surface area contributed by atoms with Crippen LogP contribution in [-0.2, 0) is 9.47 Å². The quantitative estimate of drug-likeness (QED) is 0.908. The average molecular weight is 304 g/mol. The lowest BCUT2D eigenvalue weighted by Gasteiger charge is -2.38. The van der Waals surface area contributed by atoms with E-state index in [2.05, 4.69) is 0 Å². The number of hydrogen-bond acceptors (Lipinski definition) is 4. The van der Waals surface area contributed by atoms with Crippen molar-refractivity contribution in [2.75, 3.05) is 19.8 Å². The van der Waals surface area contributed by atoms with E-state index in [4.69, 9.17) is 15.2 Å². The number of piperidine rings is 1. The van der Waals surface area contributed by atoms with Crippen LogP contribution in [-0.4, -0.2) is 48.8 Å². The summed E-state index contributed by atoms with van der Waals surface area (Å²) in [6.07, 6.45) is 2.61. The number of nitrogens with two attached hydrogens (primary N) is 1. The van der Waals surface area contributed by atoms with Gasteiger partial charge in [0, 0.05) is 17.7 Å². The number of benzene rings is 1. The molecule has 1 atom stereocenters.